The van der Waals surface area contributed by atoms with Crippen LogP contribution in [0.3, 0.4) is 0 Å². The van der Waals surface area contributed by atoms with Crippen molar-refractivity contribution in [2.24, 2.45) is 5.41 Å². The molecule has 0 radical (unpaired) electrons. The van der Waals surface area contributed by atoms with E-state index in [9.17, 15) is 22.4 Å². The Balaban J connectivity index is 1.50. The second-order valence-electron chi connectivity index (χ2n) is 9.87. The highest BCUT2D eigenvalue weighted by Gasteiger charge is 2.46. The number of carbonyl (C=O) groups is 1. The van der Waals surface area contributed by atoms with Crippen molar-refractivity contribution in [2.75, 3.05) is 31.1 Å². The van der Waals surface area contributed by atoms with Gasteiger partial charge in [0, 0.05) is 31.6 Å². The van der Waals surface area contributed by atoms with Gasteiger partial charge in [0.1, 0.15) is 22.7 Å². The number of nitrogens with zero attached hydrogens (tertiary/aromatic N) is 4. The molecule has 1 amide bonds. The fourth-order valence-corrected chi connectivity index (χ4v) is 4.64. The summed E-state index contributed by atoms with van der Waals surface area (Å²) >= 11 is 5.85. The maximum atomic E-state index is 14.3. The average molecular weight is 517 g/mol. The van der Waals surface area contributed by atoms with Crippen molar-refractivity contribution in [3.63, 3.8) is 0 Å². The number of hydrogen-bond donors (Lipinski definition) is 0. The molecule has 7 nitrogen and oxygen atoms in total. The van der Waals surface area contributed by atoms with Crippen molar-refractivity contribution in [3.8, 4) is 11.5 Å². The predicted molar refractivity (Wildman–Crippen MR) is 120 cm³/mol. The van der Waals surface area contributed by atoms with E-state index in [1.807, 2.05) is 25.7 Å². The number of anilines is 1. The summed E-state index contributed by atoms with van der Waals surface area (Å²) in [5, 5.41) is -0.781. The van der Waals surface area contributed by atoms with Crippen molar-refractivity contribution in [2.45, 2.75) is 45.4 Å². The minimum atomic E-state index is -4.88. The van der Waals surface area contributed by atoms with Crippen LogP contribution in [0.1, 0.15) is 39.2 Å². The monoisotopic (exact) mass is 516 g/mol. The molecule has 0 N–H and O–H groups in total. The van der Waals surface area contributed by atoms with E-state index in [0.29, 0.717) is 38.1 Å². The highest BCUT2D eigenvalue weighted by molar-refractivity contribution is 6.32. The summed E-state index contributed by atoms with van der Waals surface area (Å²) in [7, 11) is 0. The first-order chi connectivity index (χ1) is 16.3. The number of carbonyl (C=O) groups excluding carboxylic acids is 1. The van der Waals surface area contributed by atoms with E-state index in [-0.39, 0.29) is 23.0 Å². The van der Waals surface area contributed by atoms with E-state index >= 15 is 0 Å². The highest BCUT2D eigenvalue weighted by Crippen LogP contribution is 2.44. The lowest BCUT2D eigenvalue weighted by molar-refractivity contribution is -0.140. The van der Waals surface area contributed by atoms with E-state index in [2.05, 4.69) is 9.97 Å². The highest BCUT2D eigenvalue weighted by atomic mass is 35.5. The molecule has 2 aromatic rings. The first-order valence-corrected chi connectivity index (χ1v) is 11.4. The minimum Gasteiger partial charge on any atom is -0.450 e. The molecule has 1 aromatic carbocycles. The SMILES string of the molecule is CC(C)(C)OC(=O)N1CCC2(CCN(c3ncncc3Oc3ccc(C(F)(F)F)c(F)c3Cl)C2)C1. The molecular formula is C23H25ClF4N4O3. The number of aromatic nitrogens is 2. The number of hydrogen-bond acceptors (Lipinski definition) is 6. The molecule has 1 spiro atoms. The Bertz CT molecular complexity index is 1120. The first-order valence-electron chi connectivity index (χ1n) is 11.0. The van der Waals surface area contributed by atoms with Gasteiger partial charge in [-0.15, -0.1) is 0 Å². The van der Waals surface area contributed by atoms with Gasteiger partial charge in [-0.25, -0.2) is 19.2 Å². The molecule has 35 heavy (non-hydrogen) atoms. The third kappa shape index (κ3) is 5.39. The van der Waals surface area contributed by atoms with Crippen LogP contribution in [-0.4, -0.2) is 52.7 Å². The van der Waals surface area contributed by atoms with Gasteiger partial charge in [0.25, 0.3) is 0 Å². The van der Waals surface area contributed by atoms with Crippen LogP contribution in [0, 0.1) is 11.2 Å². The Hall–Kier alpha value is -2.82. The molecule has 4 rings (SSSR count). The van der Waals surface area contributed by atoms with Gasteiger partial charge in [-0.05, 0) is 45.7 Å². The van der Waals surface area contributed by atoms with Crippen LogP contribution in [0.2, 0.25) is 5.02 Å². The van der Waals surface area contributed by atoms with Crippen LogP contribution >= 0.6 is 11.6 Å². The summed E-state index contributed by atoms with van der Waals surface area (Å²) < 4.78 is 64.3. The van der Waals surface area contributed by atoms with Gasteiger partial charge < -0.3 is 19.3 Å². The van der Waals surface area contributed by atoms with E-state index in [0.717, 1.165) is 18.9 Å². The molecule has 12 heteroatoms. The molecule has 2 fully saturated rings. The number of benzene rings is 1. The van der Waals surface area contributed by atoms with Crippen molar-refractivity contribution >= 4 is 23.5 Å². The maximum absolute atomic E-state index is 14.3. The fraction of sp³-hybridized carbons (Fsp3) is 0.522. The third-order valence-corrected chi connectivity index (χ3v) is 6.41. The number of amides is 1. The van der Waals surface area contributed by atoms with Gasteiger partial charge in [0.2, 0.25) is 0 Å². The molecule has 1 unspecified atom stereocenters. The predicted octanol–water partition coefficient (Wildman–Crippen LogP) is 5.92. The zero-order chi connectivity index (χ0) is 25.6. The average Bonchev–Trinajstić information content (AvgIpc) is 3.37. The summed E-state index contributed by atoms with van der Waals surface area (Å²) in [5.74, 6) is -1.35. The van der Waals surface area contributed by atoms with Crippen molar-refractivity contribution < 1.29 is 31.8 Å². The van der Waals surface area contributed by atoms with Crippen molar-refractivity contribution in [1.29, 1.82) is 0 Å². The zero-order valence-electron chi connectivity index (χ0n) is 19.5. The number of halogens is 5. The number of ether oxygens (including phenoxy) is 2. The molecule has 2 aliphatic rings. The van der Waals surface area contributed by atoms with E-state index in [1.165, 1.54) is 12.5 Å². The van der Waals surface area contributed by atoms with Crippen LogP contribution in [0.4, 0.5) is 28.2 Å². The lowest BCUT2D eigenvalue weighted by Gasteiger charge is -2.27. The van der Waals surface area contributed by atoms with E-state index in [1.54, 1.807) is 4.90 Å². The smallest absolute Gasteiger partial charge is 0.419 e. The lowest BCUT2D eigenvalue weighted by atomic mass is 9.86. The summed E-state index contributed by atoms with van der Waals surface area (Å²) in [6.45, 7) is 7.77. The summed E-state index contributed by atoms with van der Waals surface area (Å²) in [6.07, 6.45) is -0.973. The Morgan fingerprint density at radius 2 is 1.83 bits per heavy atom. The maximum Gasteiger partial charge on any atom is 0.419 e. The van der Waals surface area contributed by atoms with E-state index in [4.69, 9.17) is 21.1 Å². The number of rotatable bonds is 3. The quantitative estimate of drug-likeness (QED) is 0.472. The third-order valence-electron chi connectivity index (χ3n) is 6.06. The van der Waals surface area contributed by atoms with Gasteiger partial charge in [-0.3, -0.25) is 0 Å². The van der Waals surface area contributed by atoms with Crippen LogP contribution in [0.5, 0.6) is 11.5 Å². The molecule has 1 aromatic heterocycles. The van der Waals surface area contributed by atoms with E-state index < -0.39 is 28.2 Å². The van der Waals surface area contributed by atoms with Crippen LogP contribution in [0.25, 0.3) is 0 Å². The van der Waals surface area contributed by atoms with Crippen molar-refractivity contribution in [1.82, 2.24) is 14.9 Å². The lowest BCUT2D eigenvalue weighted by Crippen LogP contribution is -2.37. The van der Waals surface area contributed by atoms with Gasteiger partial charge in [-0.1, -0.05) is 11.6 Å². The molecule has 0 bridgehead atoms. The molecule has 190 valence electrons. The Morgan fingerprint density at radius 3 is 2.51 bits per heavy atom. The van der Waals surface area contributed by atoms with Gasteiger partial charge in [0.05, 0.1) is 11.8 Å². The number of likely N-dealkylation sites (tertiary alicyclic amines) is 1. The van der Waals surface area contributed by atoms with Gasteiger partial charge in [-0.2, -0.15) is 13.2 Å². The van der Waals surface area contributed by atoms with Crippen molar-refractivity contribution in [3.05, 3.63) is 41.1 Å². The Morgan fingerprint density at radius 1 is 1.11 bits per heavy atom. The summed E-state index contributed by atoms with van der Waals surface area (Å²) in [4.78, 5) is 24.4. The largest absolute Gasteiger partial charge is 0.450 e. The molecule has 2 aliphatic heterocycles. The molecule has 1 atom stereocenters. The topological polar surface area (TPSA) is 67.8 Å². The summed E-state index contributed by atoms with van der Waals surface area (Å²) in [6, 6.07) is 1.54. The van der Waals surface area contributed by atoms with Crippen LogP contribution in [0.15, 0.2) is 24.7 Å². The fourth-order valence-electron chi connectivity index (χ4n) is 4.43. The Labute approximate surface area is 205 Å². The standard InChI is InChI=1S/C23H25ClF4N4O3/c1-21(2,3)35-20(33)32-9-7-22(12-32)6-8-31(11-22)19-16(10-29-13-30-19)34-15-5-4-14(23(26,27)28)18(25)17(15)24/h4-5,10,13H,6-9,11-12H2,1-3H3. The molecule has 3 heterocycles. The van der Waals surface area contributed by atoms with Crippen LogP contribution < -0.4 is 9.64 Å². The number of alkyl halides is 3. The molecule has 0 aliphatic carbocycles. The second-order valence-corrected chi connectivity index (χ2v) is 10.3. The zero-order valence-corrected chi connectivity index (χ0v) is 20.2. The minimum absolute atomic E-state index is 0.132. The van der Waals surface area contributed by atoms with Crippen LogP contribution in [-0.2, 0) is 10.9 Å². The summed E-state index contributed by atoms with van der Waals surface area (Å²) in [5.41, 5.74) is -2.21. The molecular weight excluding hydrogens is 492 g/mol. The Kier molecular flexibility index (Phi) is 6.50. The second kappa shape index (κ2) is 9.00. The van der Waals surface area contributed by atoms with Gasteiger partial charge >= 0.3 is 12.3 Å². The van der Waals surface area contributed by atoms with Gasteiger partial charge in [0.15, 0.2) is 17.4 Å². The molecule has 2 saturated heterocycles. The molecule has 0 saturated carbocycles. The normalized spacial score (nSPS) is 20.6. The first kappa shape index (κ1) is 25.3.